The Balaban J connectivity index is 0.847. The van der Waals surface area contributed by atoms with Crippen molar-refractivity contribution in [2.45, 2.75) is 34.6 Å². The minimum atomic E-state index is 0.842. The first-order valence-electron chi connectivity index (χ1n) is 28.6. The summed E-state index contributed by atoms with van der Waals surface area (Å²) >= 11 is 0. The molecule has 396 valence electrons. The number of rotatable bonds is 10. The molecule has 0 fully saturated rings. The van der Waals surface area contributed by atoms with Gasteiger partial charge in [0.1, 0.15) is 22.3 Å². The summed E-state index contributed by atoms with van der Waals surface area (Å²) in [6, 6.07) is 94.9. The second kappa shape index (κ2) is 20.0. The topological polar surface area (TPSA) is 32.8 Å². The lowest BCUT2D eigenvalue weighted by atomic mass is 9.95. The highest BCUT2D eigenvalue weighted by atomic mass is 16.3. The van der Waals surface area contributed by atoms with Crippen LogP contribution in [0.15, 0.2) is 270 Å². The van der Waals surface area contributed by atoms with Crippen LogP contribution in [0.5, 0.6) is 0 Å². The minimum Gasteiger partial charge on any atom is -0.456 e. The van der Waals surface area contributed by atoms with Gasteiger partial charge in [0.05, 0.1) is 22.7 Å². The van der Waals surface area contributed by atoms with E-state index in [-0.39, 0.29) is 0 Å². The molecular weight excluding hydrogens is 1010 g/mol. The molecule has 0 spiro atoms. The van der Waals surface area contributed by atoms with Gasteiger partial charge in [-0.25, -0.2) is 0 Å². The lowest BCUT2D eigenvalue weighted by Crippen LogP contribution is -2.14. The normalized spacial score (nSPS) is 11.7. The van der Waals surface area contributed by atoms with Crippen LogP contribution in [0, 0.1) is 34.6 Å². The summed E-state index contributed by atoms with van der Waals surface area (Å²) in [5.41, 5.74) is 25.2. The summed E-state index contributed by atoms with van der Waals surface area (Å²) in [5.74, 6) is 0. The van der Waals surface area contributed by atoms with Crippen molar-refractivity contribution in [3.8, 4) is 44.5 Å². The fraction of sp³-hybridized carbons (Fsp3) is 0.0633. The molecule has 13 aromatic carbocycles. The lowest BCUT2D eigenvalue weighted by molar-refractivity contribution is 0.651. The zero-order valence-electron chi connectivity index (χ0n) is 47.0. The van der Waals surface area contributed by atoms with Gasteiger partial charge in [-0.05, 0) is 191 Å². The Labute approximate surface area is 483 Å². The molecule has 2 aromatic heterocycles. The number of fused-ring (bicyclic) bond motifs is 8. The van der Waals surface area contributed by atoms with Gasteiger partial charge in [-0.2, -0.15) is 0 Å². The first-order chi connectivity index (χ1) is 40.7. The molecule has 0 bridgehead atoms. The molecule has 2 heterocycles. The molecule has 0 aliphatic carbocycles. The molecule has 83 heavy (non-hydrogen) atoms. The van der Waals surface area contributed by atoms with Crippen molar-refractivity contribution in [3.05, 3.63) is 289 Å². The predicted molar refractivity (Wildman–Crippen MR) is 351 cm³/mol. The smallest absolute Gasteiger partial charge is 0.142 e. The zero-order chi connectivity index (χ0) is 55.9. The summed E-state index contributed by atoms with van der Waals surface area (Å²) in [6.45, 7) is 11.0. The third kappa shape index (κ3) is 8.53. The van der Waals surface area contributed by atoms with Gasteiger partial charge in [-0.3, -0.25) is 0 Å². The van der Waals surface area contributed by atoms with Gasteiger partial charge in [0.25, 0.3) is 0 Å². The van der Waals surface area contributed by atoms with Crippen LogP contribution in [0.2, 0.25) is 0 Å². The quantitative estimate of drug-likeness (QED) is 0.137. The van der Waals surface area contributed by atoms with Crippen molar-refractivity contribution < 1.29 is 8.83 Å². The average Bonchev–Trinajstić information content (AvgIpc) is 3.19. The molecule has 4 nitrogen and oxygen atoms in total. The number of para-hydroxylation sites is 2. The van der Waals surface area contributed by atoms with E-state index in [0.717, 1.165) is 116 Å². The van der Waals surface area contributed by atoms with Gasteiger partial charge in [0.2, 0.25) is 0 Å². The van der Waals surface area contributed by atoms with Gasteiger partial charge in [-0.1, -0.05) is 182 Å². The first-order valence-corrected chi connectivity index (χ1v) is 28.6. The van der Waals surface area contributed by atoms with Gasteiger partial charge < -0.3 is 18.6 Å². The highest BCUT2D eigenvalue weighted by Gasteiger charge is 2.25. The largest absolute Gasteiger partial charge is 0.456 e. The molecule has 0 unspecified atom stereocenters. The van der Waals surface area contributed by atoms with Crippen molar-refractivity contribution in [1.82, 2.24) is 0 Å². The van der Waals surface area contributed by atoms with Crippen molar-refractivity contribution in [2.24, 2.45) is 0 Å². The van der Waals surface area contributed by atoms with Gasteiger partial charge in [-0.15, -0.1) is 0 Å². The molecule has 0 saturated heterocycles. The van der Waals surface area contributed by atoms with Crippen LogP contribution < -0.4 is 9.80 Å². The Morgan fingerprint density at radius 1 is 0.265 bits per heavy atom. The Bertz CT molecular complexity index is 4660. The van der Waals surface area contributed by atoms with Gasteiger partial charge >= 0.3 is 0 Å². The zero-order valence-corrected chi connectivity index (χ0v) is 47.0. The van der Waals surface area contributed by atoms with Crippen molar-refractivity contribution >= 4 is 99.5 Å². The van der Waals surface area contributed by atoms with E-state index in [2.05, 4.69) is 305 Å². The Hall–Kier alpha value is -10.4. The van der Waals surface area contributed by atoms with Crippen LogP contribution in [0.4, 0.5) is 34.1 Å². The molecule has 4 heteroatoms. The van der Waals surface area contributed by atoms with Gasteiger partial charge in [0.15, 0.2) is 0 Å². The first kappa shape index (κ1) is 49.6. The summed E-state index contributed by atoms with van der Waals surface area (Å²) in [5, 5.41) is 8.80. The Kier molecular flexibility index (Phi) is 11.9. The van der Waals surface area contributed by atoms with Crippen LogP contribution in [0.1, 0.15) is 27.8 Å². The Morgan fingerprint density at radius 2 is 0.639 bits per heavy atom. The standard InChI is InChI=1S/C79H58N2O2/c1-49-20-18-21-50(2)76(49)80(72-38-34-58(54-24-10-6-11-25-54)42-66(72)56-28-14-8-15-29-56)64-36-32-60-44-68-70-48-71-69-45-61-33-37-65(41-63(61)47-75(69)83-79(71)53(5)78(70)82-74(68)46-62(60)40-64)81(77-51(3)22-19-23-52(77)4)73-39-35-59(55-26-12-7-13-27-55)43-67(73)57-30-16-9-17-31-57/h6-48H,1-5H3. The summed E-state index contributed by atoms with van der Waals surface area (Å²) < 4.78 is 13.9. The number of anilines is 6. The maximum Gasteiger partial charge on any atom is 0.142 e. The molecule has 0 amide bonds. The Morgan fingerprint density at radius 3 is 1.02 bits per heavy atom. The van der Waals surface area contributed by atoms with Crippen molar-refractivity contribution in [3.63, 3.8) is 0 Å². The molecular formula is C79H58N2O2. The number of nitrogens with zero attached hydrogens (tertiary/aromatic N) is 2. The van der Waals surface area contributed by atoms with Crippen LogP contribution in [-0.2, 0) is 0 Å². The molecule has 0 aliphatic heterocycles. The van der Waals surface area contributed by atoms with Crippen LogP contribution in [-0.4, -0.2) is 0 Å². The molecule has 15 rings (SSSR count). The number of aryl methyl sites for hydroxylation is 5. The molecule has 0 aliphatic rings. The number of benzene rings is 13. The van der Waals surface area contributed by atoms with Crippen LogP contribution in [0.25, 0.3) is 110 Å². The lowest BCUT2D eigenvalue weighted by Gasteiger charge is -2.31. The van der Waals surface area contributed by atoms with E-state index >= 15 is 0 Å². The van der Waals surface area contributed by atoms with E-state index in [4.69, 9.17) is 8.83 Å². The number of hydrogen-bond donors (Lipinski definition) is 0. The second-order valence-electron chi connectivity index (χ2n) is 22.3. The number of hydrogen-bond acceptors (Lipinski definition) is 4. The van der Waals surface area contributed by atoms with Crippen LogP contribution >= 0.6 is 0 Å². The van der Waals surface area contributed by atoms with Gasteiger partial charge in [0, 0.05) is 49.6 Å². The highest BCUT2D eigenvalue weighted by molar-refractivity contribution is 6.20. The van der Waals surface area contributed by atoms with Crippen LogP contribution in [0.3, 0.4) is 0 Å². The fourth-order valence-corrected chi connectivity index (χ4v) is 12.9. The van der Waals surface area contributed by atoms with E-state index in [1.54, 1.807) is 0 Å². The second-order valence-corrected chi connectivity index (χ2v) is 22.3. The maximum atomic E-state index is 6.95. The van der Waals surface area contributed by atoms with E-state index in [1.807, 2.05) is 0 Å². The third-order valence-electron chi connectivity index (χ3n) is 17.0. The third-order valence-corrected chi connectivity index (χ3v) is 17.0. The van der Waals surface area contributed by atoms with Crippen molar-refractivity contribution in [2.75, 3.05) is 9.80 Å². The highest BCUT2D eigenvalue weighted by Crippen LogP contribution is 2.49. The van der Waals surface area contributed by atoms with E-state index < -0.39 is 0 Å². The van der Waals surface area contributed by atoms with E-state index in [1.165, 1.54) is 55.9 Å². The van der Waals surface area contributed by atoms with E-state index in [9.17, 15) is 0 Å². The summed E-state index contributed by atoms with van der Waals surface area (Å²) in [4.78, 5) is 4.90. The summed E-state index contributed by atoms with van der Waals surface area (Å²) in [7, 11) is 0. The summed E-state index contributed by atoms with van der Waals surface area (Å²) in [6.07, 6.45) is 0. The van der Waals surface area contributed by atoms with Crippen molar-refractivity contribution in [1.29, 1.82) is 0 Å². The molecule has 0 N–H and O–H groups in total. The maximum absolute atomic E-state index is 6.95. The monoisotopic (exact) mass is 1070 g/mol. The molecule has 0 radical (unpaired) electrons. The molecule has 15 aromatic rings. The molecule has 0 saturated carbocycles. The fourth-order valence-electron chi connectivity index (χ4n) is 12.9. The number of furan rings is 2. The average molecular weight is 1070 g/mol. The minimum absolute atomic E-state index is 0.842. The predicted octanol–water partition coefficient (Wildman–Crippen LogP) is 22.9. The molecule has 0 atom stereocenters. The SMILES string of the molecule is Cc1cccc(C)c1N(c1ccc2cc3c(cc2c1)oc1c(C)c2oc4cc5cc(N(c6ccc(-c7ccccc7)cc6-c6ccccc6)c6c(C)cccc6C)ccc5cc4c2cc13)c1ccc(-c2ccccc2)cc1-c1ccccc1. The van der Waals surface area contributed by atoms with E-state index in [0.29, 0.717) is 0 Å².